The Morgan fingerprint density at radius 2 is 2.29 bits per heavy atom. The number of hydrogen-bond donors (Lipinski definition) is 0. The van der Waals surface area contributed by atoms with E-state index >= 15 is 0 Å². The van der Waals surface area contributed by atoms with Crippen molar-refractivity contribution in [3.8, 4) is 6.19 Å². The monoisotopic (exact) mass is 114 g/mol. The molecule has 0 fully saturated rings. The maximum absolute atomic E-state index is 8.09. The standard InChI is InChI=1S/C4H6N2S/c1-4(7)6(2)3-5/h1-2H3. The highest BCUT2D eigenvalue weighted by molar-refractivity contribution is 7.80. The van der Waals surface area contributed by atoms with E-state index in [-0.39, 0.29) is 0 Å². The molecule has 0 saturated heterocycles. The Labute approximate surface area is 48.3 Å². The SMILES string of the molecule is CC(=S)N(C)C#N. The molecule has 0 aromatic rings. The van der Waals surface area contributed by atoms with E-state index in [1.165, 1.54) is 4.90 Å². The largest absolute Gasteiger partial charge is 0.277 e. The zero-order valence-corrected chi connectivity index (χ0v) is 5.12. The fourth-order valence-corrected chi connectivity index (χ4v) is 0.111. The molecule has 3 heteroatoms. The predicted molar refractivity (Wildman–Crippen MR) is 31.6 cm³/mol. The molecule has 0 aromatic heterocycles. The first-order valence-electron chi connectivity index (χ1n) is 1.82. The third kappa shape index (κ3) is 2.12. The molecular weight excluding hydrogens is 108 g/mol. The lowest BCUT2D eigenvalue weighted by Gasteiger charge is -2.01. The van der Waals surface area contributed by atoms with Crippen molar-refractivity contribution in [1.29, 1.82) is 5.26 Å². The molecule has 0 spiro atoms. The van der Waals surface area contributed by atoms with Crippen molar-refractivity contribution in [2.75, 3.05) is 7.05 Å². The van der Waals surface area contributed by atoms with Gasteiger partial charge >= 0.3 is 0 Å². The Morgan fingerprint density at radius 1 is 1.86 bits per heavy atom. The number of rotatable bonds is 0. The molecule has 0 amide bonds. The van der Waals surface area contributed by atoms with Crippen molar-refractivity contribution in [1.82, 2.24) is 4.90 Å². The van der Waals surface area contributed by atoms with Crippen LogP contribution in [-0.2, 0) is 0 Å². The average molecular weight is 114 g/mol. The van der Waals surface area contributed by atoms with Crippen LogP contribution in [0.4, 0.5) is 0 Å². The van der Waals surface area contributed by atoms with Gasteiger partial charge in [-0.1, -0.05) is 12.2 Å². The van der Waals surface area contributed by atoms with E-state index in [1.807, 2.05) is 6.19 Å². The highest BCUT2D eigenvalue weighted by Crippen LogP contribution is 1.79. The molecule has 7 heavy (non-hydrogen) atoms. The molecule has 0 aromatic carbocycles. The van der Waals surface area contributed by atoms with Crippen LogP contribution >= 0.6 is 12.2 Å². The first kappa shape index (κ1) is 6.38. The molecule has 2 nitrogen and oxygen atoms in total. The number of hydrogen-bond acceptors (Lipinski definition) is 2. The van der Waals surface area contributed by atoms with Gasteiger partial charge in [0.25, 0.3) is 0 Å². The van der Waals surface area contributed by atoms with Crippen molar-refractivity contribution < 1.29 is 0 Å². The topological polar surface area (TPSA) is 27.0 Å². The average Bonchev–Trinajstić information content (AvgIpc) is 1.65. The number of thiocarbonyl (C=S) groups is 1. The van der Waals surface area contributed by atoms with E-state index in [9.17, 15) is 0 Å². The van der Waals surface area contributed by atoms with E-state index in [2.05, 4.69) is 12.2 Å². The van der Waals surface area contributed by atoms with E-state index in [0.29, 0.717) is 4.99 Å². The van der Waals surface area contributed by atoms with Crippen LogP contribution in [0.5, 0.6) is 0 Å². The first-order valence-corrected chi connectivity index (χ1v) is 2.23. The Hall–Kier alpha value is -0.620. The van der Waals surface area contributed by atoms with Crippen molar-refractivity contribution in [3.05, 3.63) is 0 Å². The van der Waals surface area contributed by atoms with Crippen LogP contribution in [0.1, 0.15) is 6.92 Å². The van der Waals surface area contributed by atoms with Gasteiger partial charge in [0.05, 0.1) is 4.99 Å². The zero-order chi connectivity index (χ0) is 5.86. The summed E-state index contributed by atoms with van der Waals surface area (Å²) in [5.74, 6) is 0. The van der Waals surface area contributed by atoms with Crippen LogP contribution in [0.2, 0.25) is 0 Å². The van der Waals surface area contributed by atoms with Gasteiger partial charge in [0, 0.05) is 7.05 Å². The molecule has 0 unspecified atom stereocenters. The smallest absolute Gasteiger partial charge is 0.184 e. The van der Waals surface area contributed by atoms with Crippen molar-refractivity contribution in [2.45, 2.75) is 6.92 Å². The third-order valence-corrected chi connectivity index (χ3v) is 0.896. The number of nitriles is 1. The molecule has 0 aliphatic carbocycles. The van der Waals surface area contributed by atoms with Crippen LogP contribution < -0.4 is 0 Å². The molecule has 0 rings (SSSR count). The lowest BCUT2D eigenvalue weighted by atomic mass is 10.7. The molecule has 0 heterocycles. The summed E-state index contributed by atoms with van der Waals surface area (Å²) in [5.41, 5.74) is 0. The second-order valence-electron chi connectivity index (χ2n) is 1.18. The predicted octanol–water partition coefficient (Wildman–Crippen LogP) is 0.747. The quantitative estimate of drug-likeness (QED) is 0.264. The van der Waals surface area contributed by atoms with Crippen LogP contribution in [0.15, 0.2) is 0 Å². The molecule has 0 N–H and O–H groups in total. The summed E-state index contributed by atoms with van der Waals surface area (Å²) in [7, 11) is 1.63. The van der Waals surface area contributed by atoms with Gasteiger partial charge in [0.2, 0.25) is 0 Å². The first-order chi connectivity index (χ1) is 3.18. The van der Waals surface area contributed by atoms with E-state index < -0.39 is 0 Å². The molecule has 0 aliphatic heterocycles. The second kappa shape index (κ2) is 2.54. The molecule has 0 atom stereocenters. The minimum Gasteiger partial charge on any atom is -0.277 e. The van der Waals surface area contributed by atoms with E-state index in [1.54, 1.807) is 14.0 Å². The molecular formula is C4H6N2S. The third-order valence-electron chi connectivity index (χ3n) is 0.622. The highest BCUT2D eigenvalue weighted by Gasteiger charge is 1.89. The van der Waals surface area contributed by atoms with Gasteiger partial charge < -0.3 is 0 Å². The second-order valence-corrected chi connectivity index (χ2v) is 1.77. The lowest BCUT2D eigenvalue weighted by molar-refractivity contribution is 0.721. The molecule has 0 bridgehead atoms. The van der Waals surface area contributed by atoms with Crippen molar-refractivity contribution >= 4 is 17.2 Å². The Balaban J connectivity index is 3.63. The van der Waals surface area contributed by atoms with Gasteiger partial charge in [-0.3, -0.25) is 4.90 Å². The summed E-state index contributed by atoms with van der Waals surface area (Å²) < 4.78 is 0. The summed E-state index contributed by atoms with van der Waals surface area (Å²) in [6.07, 6.45) is 1.86. The van der Waals surface area contributed by atoms with Crippen molar-refractivity contribution in [2.24, 2.45) is 0 Å². The maximum Gasteiger partial charge on any atom is 0.184 e. The minimum atomic E-state index is 0.600. The van der Waals surface area contributed by atoms with Crippen LogP contribution in [0.25, 0.3) is 0 Å². The molecule has 0 aliphatic rings. The van der Waals surface area contributed by atoms with E-state index in [4.69, 9.17) is 5.26 Å². The van der Waals surface area contributed by atoms with Gasteiger partial charge in [0.15, 0.2) is 6.19 Å². The Kier molecular flexibility index (Phi) is 2.31. The van der Waals surface area contributed by atoms with Gasteiger partial charge in [-0.25, -0.2) is 0 Å². The van der Waals surface area contributed by atoms with E-state index in [0.717, 1.165) is 0 Å². The van der Waals surface area contributed by atoms with Gasteiger partial charge in [-0.05, 0) is 6.92 Å². The zero-order valence-electron chi connectivity index (χ0n) is 4.30. The summed E-state index contributed by atoms with van der Waals surface area (Å²) in [6.45, 7) is 1.71. The van der Waals surface area contributed by atoms with Gasteiger partial charge in [-0.2, -0.15) is 5.26 Å². The normalized spacial score (nSPS) is 7.00. The molecule has 0 radical (unpaired) electrons. The summed E-state index contributed by atoms with van der Waals surface area (Å²) >= 11 is 4.62. The maximum atomic E-state index is 8.09. The van der Waals surface area contributed by atoms with Crippen molar-refractivity contribution in [3.63, 3.8) is 0 Å². The summed E-state index contributed by atoms with van der Waals surface area (Å²) in [4.78, 5) is 1.93. The van der Waals surface area contributed by atoms with Gasteiger partial charge in [0.1, 0.15) is 0 Å². The number of nitrogens with zero attached hydrogens (tertiary/aromatic N) is 2. The lowest BCUT2D eigenvalue weighted by Crippen LogP contribution is -2.14. The fourth-order valence-electron chi connectivity index (χ4n) is 0.0704. The highest BCUT2D eigenvalue weighted by atomic mass is 32.1. The molecule has 38 valence electrons. The Morgan fingerprint density at radius 3 is 2.29 bits per heavy atom. The van der Waals surface area contributed by atoms with Crippen LogP contribution in [0, 0.1) is 11.5 Å². The Bertz CT molecular complexity index is 113. The van der Waals surface area contributed by atoms with Crippen LogP contribution in [0.3, 0.4) is 0 Å². The summed E-state index contributed by atoms with van der Waals surface area (Å²) in [5, 5.41) is 8.09. The van der Waals surface area contributed by atoms with Gasteiger partial charge in [-0.15, -0.1) is 0 Å². The molecule has 0 saturated carbocycles. The van der Waals surface area contributed by atoms with Crippen LogP contribution in [-0.4, -0.2) is 16.9 Å². The summed E-state index contributed by atoms with van der Waals surface area (Å²) in [6, 6.07) is 0. The minimum absolute atomic E-state index is 0.600. The fraction of sp³-hybridized carbons (Fsp3) is 0.500.